The molecule has 236 valence electrons. The maximum absolute atomic E-state index is 15.9. The van der Waals surface area contributed by atoms with Gasteiger partial charge in [-0.15, -0.1) is 0 Å². The minimum absolute atomic E-state index is 0.0795. The number of nitrogens with zero attached hydrogens (tertiary/aromatic N) is 4. The maximum Gasteiger partial charge on any atom is 0.519 e. The summed E-state index contributed by atoms with van der Waals surface area (Å²) in [5, 5.41) is 9.20. The number of aromatic nitrogens is 1. The largest absolute Gasteiger partial charge is 0.519 e. The Bertz CT molecular complexity index is 1850. The van der Waals surface area contributed by atoms with Crippen LogP contribution in [0.1, 0.15) is 61.3 Å². The topological polar surface area (TPSA) is 122 Å². The van der Waals surface area contributed by atoms with Crippen LogP contribution in [0.3, 0.4) is 0 Å². The lowest BCUT2D eigenvalue weighted by atomic mass is 10.00. The Labute approximate surface area is 258 Å². The van der Waals surface area contributed by atoms with E-state index in [-0.39, 0.29) is 23.2 Å². The van der Waals surface area contributed by atoms with Crippen LogP contribution in [0.15, 0.2) is 61.0 Å². The fourth-order valence-corrected chi connectivity index (χ4v) is 6.70. The number of ether oxygens (including phenoxy) is 1. The number of fused-ring (bicyclic) bond motifs is 1. The molecule has 12 heteroatoms. The third kappa shape index (κ3) is 5.82. The van der Waals surface area contributed by atoms with Crippen LogP contribution in [-0.4, -0.2) is 53.5 Å². The van der Waals surface area contributed by atoms with Crippen molar-refractivity contribution in [3.05, 3.63) is 86.3 Å². The summed E-state index contributed by atoms with van der Waals surface area (Å²) in [6, 6.07) is 11.3. The highest BCUT2D eigenvalue weighted by molar-refractivity contribution is 5.85. The van der Waals surface area contributed by atoms with Gasteiger partial charge in [0.25, 0.3) is 0 Å². The zero-order valence-electron chi connectivity index (χ0n) is 25.0. The van der Waals surface area contributed by atoms with E-state index >= 15 is 4.39 Å². The zero-order chi connectivity index (χ0) is 31.2. The SMILES string of the molecule is Cc1oc(=O)oc1CN1CCN(c2cc3c(cc2F)c(=O)c(OC(=O)O)cn3C2CC2)CC1c1ccc(N2CCCCC2)cc1. The lowest BCUT2D eigenvalue weighted by Gasteiger charge is -2.42. The quantitative estimate of drug-likeness (QED) is 0.268. The predicted octanol–water partition coefficient (Wildman–Crippen LogP) is 5.44. The first-order chi connectivity index (χ1) is 21.7. The van der Waals surface area contributed by atoms with Crippen LogP contribution in [0.5, 0.6) is 5.75 Å². The minimum atomic E-state index is -1.59. The first kappa shape index (κ1) is 29.1. The van der Waals surface area contributed by atoms with Crippen LogP contribution in [0.4, 0.5) is 20.6 Å². The lowest BCUT2D eigenvalue weighted by Crippen LogP contribution is -2.48. The molecule has 11 nitrogen and oxygen atoms in total. The number of hydrogen-bond donors (Lipinski definition) is 1. The van der Waals surface area contributed by atoms with Gasteiger partial charge in [-0.05, 0) is 68.9 Å². The van der Waals surface area contributed by atoms with E-state index < -0.39 is 23.2 Å². The summed E-state index contributed by atoms with van der Waals surface area (Å²) < 4.78 is 32.9. The normalized spacial score (nSPS) is 19.3. The lowest BCUT2D eigenvalue weighted by molar-refractivity contribution is 0.143. The number of carbonyl (C=O) groups is 1. The molecule has 2 saturated heterocycles. The molecule has 3 fully saturated rings. The average Bonchev–Trinajstić information content (AvgIpc) is 3.83. The summed E-state index contributed by atoms with van der Waals surface area (Å²) in [6.07, 6.45) is 5.19. The van der Waals surface area contributed by atoms with Gasteiger partial charge in [0.1, 0.15) is 11.6 Å². The van der Waals surface area contributed by atoms with Gasteiger partial charge in [0, 0.05) is 44.5 Å². The molecular weight excluding hydrogens is 583 g/mol. The Hall–Kier alpha value is -4.58. The molecule has 2 aromatic carbocycles. The molecule has 2 aromatic heterocycles. The van der Waals surface area contributed by atoms with Gasteiger partial charge in [0.05, 0.1) is 35.4 Å². The molecule has 2 aliphatic heterocycles. The molecule has 1 unspecified atom stereocenters. The van der Waals surface area contributed by atoms with Gasteiger partial charge < -0.3 is 33.0 Å². The number of halogens is 1. The number of pyridine rings is 1. The van der Waals surface area contributed by atoms with Gasteiger partial charge in [0.15, 0.2) is 11.5 Å². The Morgan fingerprint density at radius 3 is 2.42 bits per heavy atom. The molecule has 0 spiro atoms. The van der Waals surface area contributed by atoms with Crippen molar-refractivity contribution in [2.45, 2.75) is 57.7 Å². The fourth-order valence-electron chi connectivity index (χ4n) is 6.70. The van der Waals surface area contributed by atoms with Crippen molar-refractivity contribution in [2.75, 3.05) is 42.5 Å². The molecule has 45 heavy (non-hydrogen) atoms. The average molecular weight is 619 g/mol. The standard InChI is InChI=1S/C33H35FN4O7/c1-20-29(45-33(42)43-20)18-37-14-13-36(17-28(37)21-5-7-22(8-6-21)35-11-3-2-4-12-35)27-16-26-24(15-25(27)34)31(39)30(44-32(40)41)19-38(26)23-9-10-23/h5-8,15-16,19,23,28H,2-4,9-14,17-18H2,1H3,(H,40,41). The van der Waals surface area contributed by atoms with Crippen molar-refractivity contribution >= 4 is 28.4 Å². The van der Waals surface area contributed by atoms with E-state index in [2.05, 4.69) is 34.1 Å². The van der Waals surface area contributed by atoms with Gasteiger partial charge in [-0.25, -0.2) is 14.0 Å². The van der Waals surface area contributed by atoms with Crippen LogP contribution in [0.25, 0.3) is 10.9 Å². The summed E-state index contributed by atoms with van der Waals surface area (Å²) in [7, 11) is 0. The van der Waals surface area contributed by atoms with Gasteiger partial charge >= 0.3 is 12.0 Å². The Morgan fingerprint density at radius 2 is 1.76 bits per heavy atom. The molecule has 1 aliphatic carbocycles. The highest BCUT2D eigenvalue weighted by Gasteiger charge is 2.33. The fraction of sp³-hybridized carbons (Fsp3) is 0.424. The molecule has 3 aliphatic rings. The van der Waals surface area contributed by atoms with Crippen LogP contribution in [-0.2, 0) is 6.54 Å². The maximum atomic E-state index is 15.9. The smallest absolute Gasteiger partial charge is 0.449 e. The first-order valence-corrected chi connectivity index (χ1v) is 15.5. The summed E-state index contributed by atoms with van der Waals surface area (Å²) in [6.45, 7) is 5.62. The molecule has 1 saturated carbocycles. The molecule has 7 rings (SSSR count). The van der Waals surface area contributed by atoms with E-state index in [0.29, 0.717) is 48.9 Å². The molecule has 0 radical (unpaired) electrons. The van der Waals surface area contributed by atoms with Gasteiger partial charge in [-0.2, -0.15) is 0 Å². The van der Waals surface area contributed by atoms with E-state index in [0.717, 1.165) is 31.5 Å². The predicted molar refractivity (Wildman–Crippen MR) is 165 cm³/mol. The Kier molecular flexibility index (Phi) is 7.60. The number of anilines is 2. The summed E-state index contributed by atoms with van der Waals surface area (Å²) in [4.78, 5) is 42.7. The number of piperidine rings is 1. The number of rotatable bonds is 7. The summed E-state index contributed by atoms with van der Waals surface area (Å²) in [5.74, 6) is -0.740. The molecule has 0 amide bonds. The monoisotopic (exact) mass is 618 g/mol. The number of aryl methyl sites for hydroxylation is 1. The highest BCUT2D eigenvalue weighted by atomic mass is 19.1. The van der Waals surface area contributed by atoms with Gasteiger partial charge in [0.2, 0.25) is 5.43 Å². The van der Waals surface area contributed by atoms with E-state index in [4.69, 9.17) is 18.7 Å². The third-order valence-electron chi connectivity index (χ3n) is 9.22. The molecule has 4 aromatic rings. The summed E-state index contributed by atoms with van der Waals surface area (Å²) >= 11 is 0. The van der Waals surface area contributed by atoms with Crippen molar-refractivity contribution in [3.8, 4) is 5.75 Å². The first-order valence-electron chi connectivity index (χ1n) is 15.5. The zero-order valence-corrected chi connectivity index (χ0v) is 25.0. The van der Waals surface area contributed by atoms with Crippen molar-refractivity contribution in [3.63, 3.8) is 0 Å². The number of piperazine rings is 1. The Morgan fingerprint density at radius 1 is 1.00 bits per heavy atom. The van der Waals surface area contributed by atoms with Crippen LogP contribution in [0.2, 0.25) is 0 Å². The van der Waals surface area contributed by atoms with Crippen molar-refractivity contribution in [1.29, 1.82) is 0 Å². The molecule has 1 atom stereocenters. The molecule has 1 N–H and O–H groups in total. The second kappa shape index (κ2) is 11.7. The van der Waals surface area contributed by atoms with Crippen LogP contribution in [0, 0.1) is 12.7 Å². The molecule has 4 heterocycles. The van der Waals surface area contributed by atoms with E-state index in [9.17, 15) is 14.4 Å². The van der Waals surface area contributed by atoms with E-state index in [1.165, 1.54) is 37.2 Å². The van der Waals surface area contributed by atoms with Crippen molar-refractivity contribution in [2.24, 2.45) is 0 Å². The van der Waals surface area contributed by atoms with Gasteiger partial charge in [-0.1, -0.05) is 12.1 Å². The number of benzene rings is 2. The summed E-state index contributed by atoms with van der Waals surface area (Å²) in [5.41, 5.74) is 2.47. The van der Waals surface area contributed by atoms with Crippen molar-refractivity contribution in [1.82, 2.24) is 9.47 Å². The minimum Gasteiger partial charge on any atom is -0.449 e. The molecule has 0 bridgehead atoms. The van der Waals surface area contributed by atoms with Crippen LogP contribution >= 0.6 is 0 Å². The van der Waals surface area contributed by atoms with E-state index in [1.807, 2.05) is 9.47 Å². The second-order valence-electron chi connectivity index (χ2n) is 12.2. The Balaban J connectivity index is 1.24. The van der Waals surface area contributed by atoms with Crippen molar-refractivity contribution < 1.29 is 27.9 Å². The second-order valence-corrected chi connectivity index (χ2v) is 12.2. The van der Waals surface area contributed by atoms with E-state index in [1.54, 1.807) is 13.0 Å². The van der Waals surface area contributed by atoms with Gasteiger partial charge in [-0.3, -0.25) is 9.69 Å². The highest BCUT2D eigenvalue weighted by Crippen LogP contribution is 2.40. The molecular formula is C33H35FN4O7. The third-order valence-corrected chi connectivity index (χ3v) is 9.22. The number of hydrogen-bond acceptors (Lipinski definition) is 9. The van der Waals surface area contributed by atoms with Crippen LogP contribution < -0.4 is 25.8 Å². The number of carboxylic acid groups (broad SMARTS) is 1.